The predicted octanol–water partition coefficient (Wildman–Crippen LogP) is 4.97. The summed E-state index contributed by atoms with van der Waals surface area (Å²) in [6.07, 6.45) is 3.57. The van der Waals surface area contributed by atoms with Crippen LogP contribution >= 0.6 is 0 Å². The van der Waals surface area contributed by atoms with Crippen LogP contribution in [-0.4, -0.2) is 58.7 Å². The highest BCUT2D eigenvalue weighted by Crippen LogP contribution is 2.34. The second-order valence-electron chi connectivity index (χ2n) is 10.3. The highest BCUT2D eigenvalue weighted by atomic mass is 19.1. The molecule has 7 rings (SSSR count). The standard InChI is InChI=1S/C32H28FN5O4/c33-26-6-3-24-17-25(31(35-28(24)18-26)36-12-14-40-15-13-36)20-37(19-22-2-9-29-30(16-22)42-21-41-29)32(39)23-4-7-27(8-5-23)38-11-1-10-34-38/h1-11,16-18H,12-15,19-21H2. The third-order valence-electron chi connectivity index (χ3n) is 7.49. The molecule has 9 nitrogen and oxygen atoms in total. The number of benzene rings is 3. The van der Waals surface area contributed by atoms with Gasteiger partial charge in [0.1, 0.15) is 11.6 Å². The van der Waals surface area contributed by atoms with Crippen LogP contribution in [-0.2, 0) is 17.8 Å². The van der Waals surface area contributed by atoms with E-state index in [1.165, 1.54) is 12.1 Å². The lowest BCUT2D eigenvalue weighted by molar-refractivity contribution is 0.0729. The van der Waals surface area contributed by atoms with Gasteiger partial charge in [-0.1, -0.05) is 6.07 Å². The Balaban J connectivity index is 1.26. The number of amides is 1. The summed E-state index contributed by atoms with van der Waals surface area (Å²) < 4.78 is 32.5. The minimum atomic E-state index is -0.339. The highest BCUT2D eigenvalue weighted by Gasteiger charge is 2.24. The number of carbonyl (C=O) groups is 1. The van der Waals surface area contributed by atoms with Gasteiger partial charge < -0.3 is 24.0 Å². The number of rotatable bonds is 7. The number of morpholine rings is 1. The number of nitrogens with zero attached hydrogens (tertiary/aromatic N) is 5. The van der Waals surface area contributed by atoms with Crippen LogP contribution in [0.1, 0.15) is 21.5 Å². The van der Waals surface area contributed by atoms with Gasteiger partial charge in [-0.2, -0.15) is 5.10 Å². The molecule has 4 heterocycles. The molecule has 1 saturated heterocycles. The largest absolute Gasteiger partial charge is 0.454 e. The zero-order chi connectivity index (χ0) is 28.5. The first-order chi connectivity index (χ1) is 20.6. The van der Waals surface area contributed by atoms with Gasteiger partial charge >= 0.3 is 0 Å². The molecule has 3 aromatic carbocycles. The average molecular weight is 566 g/mol. The SMILES string of the molecule is O=C(c1ccc(-n2cccn2)cc1)N(Cc1ccc2c(c1)OCO2)Cc1cc2ccc(F)cc2nc1N1CCOCC1. The molecule has 0 aliphatic carbocycles. The molecule has 0 atom stereocenters. The summed E-state index contributed by atoms with van der Waals surface area (Å²) in [5, 5.41) is 5.08. The Morgan fingerprint density at radius 3 is 2.57 bits per heavy atom. The number of ether oxygens (including phenoxy) is 3. The molecule has 0 N–H and O–H groups in total. The number of aromatic nitrogens is 3. The summed E-state index contributed by atoms with van der Waals surface area (Å²) in [5.41, 5.74) is 3.76. The van der Waals surface area contributed by atoms with Crippen molar-refractivity contribution in [2.45, 2.75) is 13.1 Å². The van der Waals surface area contributed by atoms with Crippen molar-refractivity contribution in [3.05, 3.63) is 108 Å². The first-order valence-corrected chi connectivity index (χ1v) is 13.8. The average Bonchev–Trinajstić information content (AvgIpc) is 3.73. The van der Waals surface area contributed by atoms with E-state index in [1.807, 2.05) is 60.8 Å². The van der Waals surface area contributed by atoms with E-state index >= 15 is 0 Å². The maximum absolute atomic E-state index is 14.1. The van der Waals surface area contributed by atoms with E-state index in [0.29, 0.717) is 62.0 Å². The lowest BCUT2D eigenvalue weighted by atomic mass is 10.1. The van der Waals surface area contributed by atoms with Crippen molar-refractivity contribution in [3.63, 3.8) is 0 Å². The number of hydrogen-bond acceptors (Lipinski definition) is 7. The number of halogens is 1. The summed E-state index contributed by atoms with van der Waals surface area (Å²) >= 11 is 0. The number of carbonyl (C=O) groups excluding carboxylic acids is 1. The molecule has 0 spiro atoms. The maximum Gasteiger partial charge on any atom is 0.254 e. The van der Waals surface area contributed by atoms with Gasteiger partial charge in [-0.15, -0.1) is 0 Å². The van der Waals surface area contributed by atoms with Crippen molar-refractivity contribution in [2.24, 2.45) is 0 Å². The third-order valence-corrected chi connectivity index (χ3v) is 7.49. The van der Waals surface area contributed by atoms with Gasteiger partial charge in [-0.05, 0) is 66.2 Å². The summed E-state index contributed by atoms with van der Waals surface area (Å²) in [4.78, 5) is 23.0. The topological polar surface area (TPSA) is 82.0 Å². The Bertz CT molecular complexity index is 1740. The quantitative estimate of drug-likeness (QED) is 0.276. The number of fused-ring (bicyclic) bond motifs is 2. The fourth-order valence-corrected chi connectivity index (χ4v) is 5.36. The molecule has 42 heavy (non-hydrogen) atoms. The molecule has 5 aromatic rings. The molecule has 2 aliphatic rings. The van der Waals surface area contributed by atoms with E-state index in [9.17, 15) is 9.18 Å². The molecular weight excluding hydrogens is 537 g/mol. The van der Waals surface area contributed by atoms with Crippen LogP contribution in [0.15, 0.2) is 85.2 Å². The van der Waals surface area contributed by atoms with Crippen molar-refractivity contribution < 1.29 is 23.4 Å². The van der Waals surface area contributed by atoms with Crippen LogP contribution in [0, 0.1) is 5.82 Å². The van der Waals surface area contributed by atoms with Crippen molar-refractivity contribution in [1.29, 1.82) is 0 Å². The normalized spacial score (nSPS) is 14.4. The van der Waals surface area contributed by atoms with Gasteiger partial charge in [0.25, 0.3) is 5.91 Å². The lowest BCUT2D eigenvalue weighted by Crippen LogP contribution is -2.38. The smallest absolute Gasteiger partial charge is 0.254 e. The predicted molar refractivity (Wildman–Crippen MR) is 154 cm³/mol. The molecule has 0 bridgehead atoms. The molecule has 2 aromatic heterocycles. The Kier molecular flexibility index (Phi) is 6.89. The Labute approximate surface area is 241 Å². The molecule has 1 fully saturated rings. The molecular formula is C32H28FN5O4. The molecule has 0 unspecified atom stereocenters. The van der Waals surface area contributed by atoms with E-state index in [1.54, 1.807) is 21.8 Å². The molecule has 2 aliphatic heterocycles. The van der Waals surface area contributed by atoms with Crippen LogP contribution in [0.3, 0.4) is 0 Å². The molecule has 1 amide bonds. The second kappa shape index (κ2) is 11.1. The van der Waals surface area contributed by atoms with Crippen molar-refractivity contribution in [1.82, 2.24) is 19.7 Å². The molecule has 0 radical (unpaired) electrons. The van der Waals surface area contributed by atoms with Gasteiger partial charge in [0.15, 0.2) is 11.5 Å². The van der Waals surface area contributed by atoms with E-state index in [-0.39, 0.29) is 18.5 Å². The number of anilines is 1. The first-order valence-electron chi connectivity index (χ1n) is 13.8. The van der Waals surface area contributed by atoms with Crippen LogP contribution in [0.4, 0.5) is 10.2 Å². The Morgan fingerprint density at radius 2 is 1.76 bits per heavy atom. The summed E-state index contributed by atoms with van der Waals surface area (Å²) in [6, 6.07) is 21.6. The number of pyridine rings is 1. The summed E-state index contributed by atoms with van der Waals surface area (Å²) in [6.45, 7) is 3.27. The molecule has 0 saturated carbocycles. The Morgan fingerprint density at radius 1 is 0.929 bits per heavy atom. The van der Waals surface area contributed by atoms with Crippen molar-refractivity contribution >= 4 is 22.6 Å². The number of hydrogen-bond donors (Lipinski definition) is 0. The van der Waals surface area contributed by atoms with E-state index in [2.05, 4.69) is 10.00 Å². The van der Waals surface area contributed by atoms with Crippen LogP contribution in [0.25, 0.3) is 16.6 Å². The third kappa shape index (κ3) is 5.24. The van der Waals surface area contributed by atoms with Crippen LogP contribution in [0.5, 0.6) is 11.5 Å². The van der Waals surface area contributed by atoms with Gasteiger partial charge in [-0.3, -0.25) is 4.79 Å². The fraction of sp³-hybridized carbons (Fsp3) is 0.219. The lowest BCUT2D eigenvalue weighted by Gasteiger charge is -2.31. The maximum atomic E-state index is 14.1. The zero-order valence-corrected chi connectivity index (χ0v) is 22.8. The monoisotopic (exact) mass is 565 g/mol. The van der Waals surface area contributed by atoms with E-state index in [0.717, 1.165) is 28.0 Å². The van der Waals surface area contributed by atoms with E-state index in [4.69, 9.17) is 19.2 Å². The minimum Gasteiger partial charge on any atom is -0.454 e. The second-order valence-corrected chi connectivity index (χ2v) is 10.3. The fourth-order valence-electron chi connectivity index (χ4n) is 5.36. The van der Waals surface area contributed by atoms with Crippen LogP contribution < -0.4 is 14.4 Å². The minimum absolute atomic E-state index is 0.133. The summed E-state index contributed by atoms with van der Waals surface area (Å²) in [7, 11) is 0. The highest BCUT2D eigenvalue weighted by molar-refractivity contribution is 5.94. The first kappa shape index (κ1) is 26.0. The van der Waals surface area contributed by atoms with Crippen molar-refractivity contribution in [3.8, 4) is 17.2 Å². The summed E-state index contributed by atoms with van der Waals surface area (Å²) in [5.74, 6) is 1.60. The zero-order valence-electron chi connectivity index (χ0n) is 22.8. The van der Waals surface area contributed by atoms with Crippen LogP contribution in [0.2, 0.25) is 0 Å². The Hall–Kier alpha value is -4.96. The van der Waals surface area contributed by atoms with Gasteiger partial charge in [0.05, 0.1) is 24.4 Å². The van der Waals surface area contributed by atoms with Gasteiger partial charge in [0, 0.05) is 61.2 Å². The van der Waals surface area contributed by atoms with Gasteiger partial charge in [0.2, 0.25) is 6.79 Å². The van der Waals surface area contributed by atoms with Crippen molar-refractivity contribution in [2.75, 3.05) is 38.0 Å². The molecule has 10 heteroatoms. The van der Waals surface area contributed by atoms with E-state index < -0.39 is 0 Å². The molecule has 212 valence electrons. The van der Waals surface area contributed by atoms with Gasteiger partial charge in [-0.25, -0.2) is 14.1 Å².